The zero-order chi connectivity index (χ0) is 31.3. The van der Waals surface area contributed by atoms with Crippen molar-refractivity contribution in [3.8, 4) is 5.75 Å². The highest BCUT2D eigenvalue weighted by molar-refractivity contribution is 7.97. The van der Waals surface area contributed by atoms with Gasteiger partial charge >= 0.3 is 5.97 Å². The first kappa shape index (κ1) is 31.2. The van der Waals surface area contributed by atoms with Crippen LogP contribution in [0.15, 0.2) is 87.5 Å². The third-order valence-corrected chi connectivity index (χ3v) is 12.2. The Morgan fingerprint density at radius 3 is 1.64 bits per heavy atom. The first-order valence-electron chi connectivity index (χ1n) is 16.3. The monoisotopic (exact) mass is 613 g/mol. The van der Waals surface area contributed by atoms with Crippen molar-refractivity contribution < 1.29 is 19.4 Å². The maximum atomic E-state index is 12.7. The van der Waals surface area contributed by atoms with Crippen molar-refractivity contribution in [3.63, 3.8) is 0 Å². The minimum Gasteiger partial charge on any atom is -0.482 e. The van der Waals surface area contributed by atoms with E-state index in [0.29, 0.717) is 24.2 Å². The van der Waals surface area contributed by atoms with Gasteiger partial charge in [0.2, 0.25) is 0 Å². The fourth-order valence-corrected chi connectivity index (χ4v) is 10.3. The van der Waals surface area contributed by atoms with E-state index in [1.165, 1.54) is 32.2 Å². The molecule has 4 aliphatic rings. The van der Waals surface area contributed by atoms with Crippen molar-refractivity contribution in [2.75, 3.05) is 13.2 Å². The van der Waals surface area contributed by atoms with Crippen molar-refractivity contribution in [1.82, 2.24) is 0 Å². The fraction of sp³-hybridized carbons (Fsp3) is 0.513. The summed E-state index contributed by atoms with van der Waals surface area (Å²) >= 11 is 0. The number of aliphatic hydroxyl groups is 1. The minimum absolute atomic E-state index is 0.0533. The maximum absolute atomic E-state index is 12.7. The Morgan fingerprint density at radius 2 is 1.20 bits per heavy atom. The summed E-state index contributed by atoms with van der Waals surface area (Å²) in [5.74, 6) is 1.47. The average molecular weight is 614 g/mol. The number of ether oxygens (including phenoxy) is 2. The molecule has 0 heterocycles. The summed E-state index contributed by atoms with van der Waals surface area (Å²) in [6.07, 6.45) is 5.97. The van der Waals surface area contributed by atoms with Crippen LogP contribution in [0.5, 0.6) is 5.75 Å². The molecule has 4 aliphatic carbocycles. The highest BCUT2D eigenvalue weighted by Gasteiger charge is 2.57. The molecule has 234 valence electrons. The van der Waals surface area contributed by atoms with Gasteiger partial charge in [-0.1, -0.05) is 65.8 Å². The van der Waals surface area contributed by atoms with E-state index < -0.39 is 5.60 Å². The predicted octanol–water partition coefficient (Wildman–Crippen LogP) is 8.63. The van der Waals surface area contributed by atoms with Gasteiger partial charge in [-0.15, -0.1) is 0 Å². The van der Waals surface area contributed by atoms with Crippen LogP contribution in [0.2, 0.25) is 0 Å². The lowest BCUT2D eigenvalue weighted by molar-refractivity contribution is -0.187. The van der Waals surface area contributed by atoms with Crippen molar-refractivity contribution in [2.24, 2.45) is 17.3 Å². The molecule has 3 aromatic carbocycles. The molecular formula is C39H49O4S+. The summed E-state index contributed by atoms with van der Waals surface area (Å²) in [6.45, 7) is 13.8. The molecule has 0 amide bonds. The van der Waals surface area contributed by atoms with E-state index in [0.717, 1.165) is 32.1 Å². The first-order valence-corrected chi connectivity index (χ1v) is 17.5. The maximum Gasteiger partial charge on any atom is 0.344 e. The van der Waals surface area contributed by atoms with E-state index in [4.69, 9.17) is 9.47 Å². The standard InChI is InChI=1S/C39H49O4S/c1-36(2,3)29-7-13-32(14-8-29)44(33-15-9-30(10-16-33)37(4,5)6)34-17-11-31(12-18-34)42-24-35(40)43-26-38-20-27-19-28(21-38)23-39(41,22-27)25-38/h7-18,27-28,41H,19-26H2,1-6H3/q+1. The van der Waals surface area contributed by atoms with Crippen LogP contribution in [0.3, 0.4) is 0 Å². The second-order valence-electron chi connectivity index (χ2n) is 16.0. The molecule has 3 aromatic rings. The van der Waals surface area contributed by atoms with Gasteiger partial charge in [-0.05, 0) is 121 Å². The second kappa shape index (κ2) is 11.6. The summed E-state index contributed by atoms with van der Waals surface area (Å²) in [6, 6.07) is 26.3. The molecule has 4 saturated carbocycles. The van der Waals surface area contributed by atoms with Crippen molar-refractivity contribution in [1.29, 1.82) is 0 Å². The van der Waals surface area contributed by atoms with Crippen LogP contribution in [-0.2, 0) is 31.3 Å². The highest BCUT2D eigenvalue weighted by atomic mass is 32.2. The van der Waals surface area contributed by atoms with Crippen LogP contribution >= 0.6 is 0 Å². The topological polar surface area (TPSA) is 55.8 Å². The average Bonchev–Trinajstić information content (AvgIpc) is 2.94. The largest absolute Gasteiger partial charge is 0.482 e. The Kier molecular flexibility index (Phi) is 8.20. The lowest BCUT2D eigenvalue weighted by Crippen LogP contribution is -2.57. The van der Waals surface area contributed by atoms with Crippen LogP contribution in [0.25, 0.3) is 0 Å². The molecule has 2 unspecified atom stereocenters. The highest BCUT2D eigenvalue weighted by Crippen LogP contribution is 2.61. The summed E-state index contributed by atoms with van der Waals surface area (Å²) in [7, 11) is -0.286. The number of benzene rings is 3. The molecule has 5 heteroatoms. The summed E-state index contributed by atoms with van der Waals surface area (Å²) in [5, 5.41) is 11.0. The summed E-state index contributed by atoms with van der Waals surface area (Å²) in [4.78, 5) is 16.5. The van der Waals surface area contributed by atoms with Gasteiger partial charge in [0, 0.05) is 5.41 Å². The van der Waals surface area contributed by atoms with Gasteiger partial charge in [-0.2, -0.15) is 0 Å². The quantitative estimate of drug-likeness (QED) is 0.204. The number of rotatable bonds is 8. The molecule has 4 fully saturated rings. The number of hydrogen-bond donors (Lipinski definition) is 1. The molecule has 0 saturated heterocycles. The predicted molar refractivity (Wildman–Crippen MR) is 177 cm³/mol. The van der Waals surface area contributed by atoms with Crippen LogP contribution < -0.4 is 4.74 Å². The molecule has 1 N–H and O–H groups in total. The number of carbonyl (C=O) groups excluding carboxylic acids is 1. The van der Waals surface area contributed by atoms with Gasteiger partial charge in [0.1, 0.15) is 5.75 Å². The van der Waals surface area contributed by atoms with Crippen LogP contribution in [-0.4, -0.2) is 29.9 Å². The molecule has 7 rings (SSSR count). The molecular weight excluding hydrogens is 564 g/mol. The first-order chi connectivity index (χ1) is 20.7. The van der Waals surface area contributed by atoms with Gasteiger partial charge in [0.05, 0.1) is 23.1 Å². The van der Waals surface area contributed by atoms with E-state index >= 15 is 0 Å². The summed E-state index contributed by atoms with van der Waals surface area (Å²) in [5.41, 5.74) is 2.24. The van der Waals surface area contributed by atoms with Gasteiger partial charge in [0.25, 0.3) is 0 Å². The fourth-order valence-electron chi connectivity index (χ4n) is 8.25. The Balaban J connectivity index is 1.13. The summed E-state index contributed by atoms with van der Waals surface area (Å²) < 4.78 is 11.7. The van der Waals surface area contributed by atoms with Crippen molar-refractivity contribution >= 4 is 16.9 Å². The Hall–Kier alpha value is -2.76. The van der Waals surface area contributed by atoms with Crippen molar-refractivity contribution in [3.05, 3.63) is 83.9 Å². The number of esters is 1. The second-order valence-corrected chi connectivity index (χ2v) is 18.0. The Labute approximate surface area is 266 Å². The zero-order valence-corrected chi connectivity index (χ0v) is 28.1. The smallest absolute Gasteiger partial charge is 0.344 e. The van der Waals surface area contributed by atoms with Gasteiger partial charge in [-0.25, -0.2) is 4.79 Å². The molecule has 0 spiro atoms. The Morgan fingerprint density at radius 1 is 0.750 bits per heavy atom. The lowest BCUT2D eigenvalue weighted by Gasteiger charge is -2.59. The van der Waals surface area contributed by atoms with Crippen LogP contribution in [0, 0.1) is 17.3 Å². The third kappa shape index (κ3) is 6.74. The third-order valence-electron chi connectivity index (χ3n) is 10.0. The number of hydrogen-bond acceptors (Lipinski definition) is 4. The molecule has 4 nitrogen and oxygen atoms in total. The molecule has 4 bridgehead atoms. The number of carbonyl (C=O) groups is 1. The van der Waals surface area contributed by atoms with E-state index in [2.05, 4.69) is 102 Å². The molecule has 2 atom stereocenters. The van der Waals surface area contributed by atoms with Gasteiger partial charge in [-0.3, -0.25) is 0 Å². The van der Waals surface area contributed by atoms with E-state index in [1.807, 2.05) is 12.1 Å². The Bertz CT molecular complexity index is 1390. The molecule has 0 aromatic heterocycles. The van der Waals surface area contributed by atoms with Gasteiger partial charge < -0.3 is 14.6 Å². The molecule has 0 radical (unpaired) electrons. The minimum atomic E-state index is -0.545. The van der Waals surface area contributed by atoms with Crippen LogP contribution in [0.1, 0.15) is 91.2 Å². The van der Waals surface area contributed by atoms with Crippen molar-refractivity contribution in [2.45, 2.75) is 111 Å². The van der Waals surface area contributed by atoms with E-state index in [-0.39, 0.29) is 39.7 Å². The van der Waals surface area contributed by atoms with E-state index in [9.17, 15) is 9.90 Å². The van der Waals surface area contributed by atoms with Gasteiger partial charge in [0.15, 0.2) is 21.3 Å². The van der Waals surface area contributed by atoms with Crippen LogP contribution in [0.4, 0.5) is 0 Å². The zero-order valence-electron chi connectivity index (χ0n) is 27.3. The lowest BCUT2D eigenvalue weighted by atomic mass is 9.48. The normalized spacial score (nSPS) is 26.2. The molecule has 44 heavy (non-hydrogen) atoms. The van der Waals surface area contributed by atoms with E-state index in [1.54, 1.807) is 0 Å². The molecule has 0 aliphatic heterocycles. The SMILES string of the molecule is CC(C)(C)c1ccc([S+](c2ccc(OCC(=O)OCC34CC5CC(CC(O)(C5)C3)C4)cc2)c2ccc(C(C)(C)C)cc2)cc1.